The van der Waals surface area contributed by atoms with Crippen molar-refractivity contribution in [2.45, 2.75) is 0 Å². The standard InChI is InChI=1S/C9H7FN2O2S/c1-14-8-6(10)4(3-13)2-5-7(8)12-9(11)15-5/h2-3H,1H3,(H2,11,12). The van der Waals surface area contributed by atoms with E-state index < -0.39 is 5.82 Å². The smallest absolute Gasteiger partial charge is 0.182 e. The quantitative estimate of drug-likeness (QED) is 0.793. The molecule has 2 N–H and O–H groups in total. The Balaban J connectivity index is 2.88. The molecule has 15 heavy (non-hydrogen) atoms. The molecule has 2 aromatic rings. The lowest BCUT2D eigenvalue weighted by atomic mass is 10.2. The maximum absolute atomic E-state index is 13.6. The van der Waals surface area contributed by atoms with Gasteiger partial charge in [0.25, 0.3) is 0 Å². The van der Waals surface area contributed by atoms with E-state index in [0.717, 1.165) is 0 Å². The number of hydrogen-bond donors (Lipinski definition) is 1. The van der Waals surface area contributed by atoms with Gasteiger partial charge < -0.3 is 10.5 Å². The number of benzene rings is 1. The van der Waals surface area contributed by atoms with Crippen LogP contribution in [0.25, 0.3) is 10.2 Å². The van der Waals surface area contributed by atoms with Gasteiger partial charge in [-0.05, 0) is 6.07 Å². The molecule has 4 nitrogen and oxygen atoms in total. The van der Waals surface area contributed by atoms with Crippen LogP contribution in [0.4, 0.5) is 9.52 Å². The van der Waals surface area contributed by atoms with E-state index in [9.17, 15) is 9.18 Å². The minimum absolute atomic E-state index is 0.0393. The monoisotopic (exact) mass is 226 g/mol. The lowest BCUT2D eigenvalue weighted by Crippen LogP contribution is -1.95. The van der Waals surface area contributed by atoms with Gasteiger partial charge in [-0.15, -0.1) is 0 Å². The van der Waals surface area contributed by atoms with Gasteiger partial charge in [0.15, 0.2) is 23.0 Å². The number of carbonyl (C=O) groups is 1. The highest BCUT2D eigenvalue weighted by atomic mass is 32.1. The van der Waals surface area contributed by atoms with Crippen molar-refractivity contribution in [2.75, 3.05) is 12.8 Å². The topological polar surface area (TPSA) is 65.2 Å². The third-order valence-electron chi connectivity index (χ3n) is 1.96. The molecule has 1 heterocycles. The van der Waals surface area contributed by atoms with Crippen molar-refractivity contribution in [3.05, 3.63) is 17.4 Å². The first-order chi connectivity index (χ1) is 7.17. The van der Waals surface area contributed by atoms with E-state index in [-0.39, 0.29) is 11.3 Å². The van der Waals surface area contributed by atoms with E-state index in [1.54, 1.807) is 0 Å². The van der Waals surface area contributed by atoms with Crippen molar-refractivity contribution in [1.29, 1.82) is 0 Å². The van der Waals surface area contributed by atoms with Crippen molar-refractivity contribution in [1.82, 2.24) is 4.98 Å². The maximum atomic E-state index is 13.6. The van der Waals surface area contributed by atoms with E-state index in [1.165, 1.54) is 24.5 Å². The Morgan fingerprint density at radius 1 is 1.67 bits per heavy atom. The Morgan fingerprint density at radius 2 is 2.40 bits per heavy atom. The highest BCUT2D eigenvalue weighted by Crippen LogP contribution is 2.34. The summed E-state index contributed by atoms with van der Waals surface area (Å²) in [5.41, 5.74) is 5.79. The molecule has 78 valence electrons. The van der Waals surface area contributed by atoms with E-state index in [4.69, 9.17) is 10.5 Å². The molecule has 0 saturated carbocycles. The van der Waals surface area contributed by atoms with Gasteiger partial charge in [0.2, 0.25) is 0 Å². The number of aromatic nitrogens is 1. The van der Waals surface area contributed by atoms with Crippen LogP contribution in [0.1, 0.15) is 10.4 Å². The molecule has 6 heteroatoms. The average molecular weight is 226 g/mol. The second-order valence-electron chi connectivity index (χ2n) is 2.83. The Kier molecular flexibility index (Phi) is 2.28. The molecule has 0 unspecified atom stereocenters. The molecule has 1 aromatic carbocycles. The summed E-state index contributed by atoms with van der Waals surface area (Å²) in [7, 11) is 1.32. The van der Waals surface area contributed by atoms with Crippen LogP contribution in [-0.4, -0.2) is 18.4 Å². The van der Waals surface area contributed by atoms with Crippen LogP contribution in [0, 0.1) is 5.82 Å². The largest absolute Gasteiger partial charge is 0.491 e. The summed E-state index contributed by atoms with van der Waals surface area (Å²) in [4.78, 5) is 14.5. The van der Waals surface area contributed by atoms with Gasteiger partial charge in [-0.3, -0.25) is 4.79 Å². The Morgan fingerprint density at radius 3 is 3.00 bits per heavy atom. The molecule has 0 fully saturated rings. The maximum Gasteiger partial charge on any atom is 0.182 e. The van der Waals surface area contributed by atoms with E-state index in [0.29, 0.717) is 21.6 Å². The summed E-state index contributed by atoms with van der Waals surface area (Å²) < 4.78 is 19.1. The number of methoxy groups -OCH3 is 1. The molecule has 2 rings (SSSR count). The summed E-state index contributed by atoms with van der Waals surface area (Å²) in [6, 6.07) is 1.41. The van der Waals surface area contributed by atoms with Crippen molar-refractivity contribution < 1.29 is 13.9 Å². The second-order valence-corrected chi connectivity index (χ2v) is 3.89. The third-order valence-corrected chi connectivity index (χ3v) is 2.79. The molecule has 0 aliphatic carbocycles. The highest BCUT2D eigenvalue weighted by molar-refractivity contribution is 7.22. The number of fused-ring (bicyclic) bond motifs is 1. The van der Waals surface area contributed by atoms with Crippen molar-refractivity contribution in [2.24, 2.45) is 0 Å². The van der Waals surface area contributed by atoms with Crippen LogP contribution >= 0.6 is 11.3 Å². The molecular formula is C9H7FN2O2S. The summed E-state index contributed by atoms with van der Waals surface area (Å²) in [5, 5.41) is 0.311. The normalized spacial score (nSPS) is 10.5. The van der Waals surface area contributed by atoms with Crippen molar-refractivity contribution in [3.8, 4) is 5.75 Å². The molecule has 0 saturated heterocycles. The summed E-state index contributed by atoms with van der Waals surface area (Å²) in [5.74, 6) is -0.743. The van der Waals surface area contributed by atoms with Crippen LogP contribution in [-0.2, 0) is 0 Å². The van der Waals surface area contributed by atoms with Crippen LogP contribution in [0.3, 0.4) is 0 Å². The number of nitrogens with zero attached hydrogens (tertiary/aromatic N) is 1. The predicted molar refractivity (Wildman–Crippen MR) is 55.9 cm³/mol. The SMILES string of the molecule is COc1c(F)c(C=O)cc2sc(N)nc12. The number of hydrogen-bond acceptors (Lipinski definition) is 5. The lowest BCUT2D eigenvalue weighted by Gasteiger charge is -2.03. The Hall–Kier alpha value is -1.69. The van der Waals surface area contributed by atoms with Gasteiger partial charge in [0.05, 0.1) is 17.4 Å². The second kappa shape index (κ2) is 3.47. The van der Waals surface area contributed by atoms with E-state index in [2.05, 4.69) is 4.98 Å². The summed E-state index contributed by atoms with van der Waals surface area (Å²) >= 11 is 1.18. The molecule has 0 bridgehead atoms. The molecule has 0 aliphatic rings. The first kappa shape index (κ1) is 9.85. The molecule has 1 aromatic heterocycles. The number of thiazole rings is 1. The zero-order valence-electron chi connectivity index (χ0n) is 7.78. The summed E-state index contributed by atoms with van der Waals surface area (Å²) in [6.45, 7) is 0. The number of ether oxygens (including phenoxy) is 1. The number of carbonyl (C=O) groups excluding carboxylic acids is 1. The van der Waals surface area contributed by atoms with Gasteiger partial charge in [-0.2, -0.15) is 0 Å². The third kappa shape index (κ3) is 1.42. The number of nitrogen functional groups attached to an aromatic ring is 1. The number of nitrogens with two attached hydrogens (primary N) is 1. The van der Waals surface area contributed by atoms with Crippen LogP contribution < -0.4 is 10.5 Å². The average Bonchev–Trinajstić information content (AvgIpc) is 2.57. The molecule has 0 spiro atoms. The number of rotatable bonds is 2. The van der Waals surface area contributed by atoms with Crippen LogP contribution in [0.2, 0.25) is 0 Å². The Labute approximate surface area is 88.5 Å². The highest BCUT2D eigenvalue weighted by Gasteiger charge is 2.16. The molecule has 0 amide bonds. The predicted octanol–water partition coefficient (Wildman–Crippen LogP) is 1.84. The fraction of sp³-hybridized carbons (Fsp3) is 0.111. The number of anilines is 1. The minimum atomic E-state index is -0.703. The van der Waals surface area contributed by atoms with E-state index >= 15 is 0 Å². The first-order valence-electron chi connectivity index (χ1n) is 4.05. The Bertz CT molecular complexity index is 538. The zero-order chi connectivity index (χ0) is 11.0. The molecular weight excluding hydrogens is 219 g/mol. The number of halogens is 1. The van der Waals surface area contributed by atoms with Gasteiger partial charge in [0.1, 0.15) is 5.52 Å². The van der Waals surface area contributed by atoms with E-state index in [1.807, 2.05) is 0 Å². The zero-order valence-corrected chi connectivity index (χ0v) is 8.60. The molecule has 0 atom stereocenters. The van der Waals surface area contributed by atoms with Crippen LogP contribution in [0.5, 0.6) is 5.75 Å². The molecule has 0 aliphatic heterocycles. The minimum Gasteiger partial charge on any atom is -0.491 e. The summed E-state index contributed by atoms with van der Waals surface area (Å²) in [6.07, 6.45) is 0.438. The van der Waals surface area contributed by atoms with Gasteiger partial charge in [-0.25, -0.2) is 9.37 Å². The first-order valence-corrected chi connectivity index (χ1v) is 4.86. The van der Waals surface area contributed by atoms with Crippen LogP contribution in [0.15, 0.2) is 6.07 Å². The van der Waals surface area contributed by atoms with Gasteiger partial charge in [-0.1, -0.05) is 11.3 Å². The molecule has 0 radical (unpaired) electrons. The van der Waals surface area contributed by atoms with Crippen molar-refractivity contribution in [3.63, 3.8) is 0 Å². The fourth-order valence-electron chi connectivity index (χ4n) is 1.32. The number of aldehydes is 1. The lowest BCUT2D eigenvalue weighted by molar-refractivity contribution is 0.111. The fourth-order valence-corrected chi connectivity index (χ4v) is 2.10. The van der Waals surface area contributed by atoms with Gasteiger partial charge >= 0.3 is 0 Å². The van der Waals surface area contributed by atoms with Gasteiger partial charge in [0, 0.05) is 0 Å². The van der Waals surface area contributed by atoms with Crippen molar-refractivity contribution >= 4 is 33.0 Å².